The van der Waals surface area contributed by atoms with Crippen LogP contribution in [0.4, 0.5) is 5.82 Å². The lowest BCUT2D eigenvalue weighted by Gasteiger charge is -2.36. The predicted octanol–water partition coefficient (Wildman–Crippen LogP) is 1.95. The summed E-state index contributed by atoms with van der Waals surface area (Å²) in [5.74, 6) is 1.70. The van der Waals surface area contributed by atoms with E-state index in [-0.39, 0.29) is 0 Å². The average Bonchev–Trinajstić information content (AvgIpc) is 2.39. The van der Waals surface area contributed by atoms with Crippen molar-refractivity contribution in [2.24, 2.45) is 11.7 Å². The molecule has 1 aromatic heterocycles. The van der Waals surface area contributed by atoms with Gasteiger partial charge in [-0.2, -0.15) is 5.10 Å². The van der Waals surface area contributed by atoms with Crippen molar-refractivity contribution in [3.63, 3.8) is 0 Å². The Labute approximate surface area is 103 Å². The Morgan fingerprint density at radius 1 is 1.29 bits per heavy atom. The molecule has 2 unspecified atom stereocenters. The molecule has 0 spiro atoms. The normalized spacial score (nSPS) is 24.6. The van der Waals surface area contributed by atoms with Gasteiger partial charge in [-0.1, -0.05) is 19.8 Å². The zero-order valence-corrected chi connectivity index (χ0v) is 10.8. The third-order valence-corrected chi connectivity index (χ3v) is 3.84. The smallest absolute Gasteiger partial charge is 0.151 e. The predicted molar refractivity (Wildman–Crippen MR) is 69.7 cm³/mol. The summed E-state index contributed by atoms with van der Waals surface area (Å²) in [6.45, 7) is 2.79. The number of hydrogen-bond donors (Lipinski definition) is 1. The molecule has 1 aliphatic carbocycles. The maximum Gasteiger partial charge on any atom is 0.151 e. The van der Waals surface area contributed by atoms with E-state index in [4.69, 9.17) is 5.73 Å². The van der Waals surface area contributed by atoms with Gasteiger partial charge >= 0.3 is 0 Å². The molecule has 1 fully saturated rings. The lowest BCUT2D eigenvalue weighted by molar-refractivity contribution is 0.320. The highest BCUT2D eigenvalue weighted by molar-refractivity contribution is 5.38. The van der Waals surface area contributed by atoms with Crippen LogP contribution in [-0.2, 0) is 6.54 Å². The molecule has 0 radical (unpaired) electrons. The summed E-state index contributed by atoms with van der Waals surface area (Å²) in [7, 11) is 2.12. The molecule has 4 heteroatoms. The molecule has 4 nitrogen and oxygen atoms in total. The Kier molecular flexibility index (Phi) is 3.94. The summed E-state index contributed by atoms with van der Waals surface area (Å²) >= 11 is 0. The van der Waals surface area contributed by atoms with E-state index in [0.29, 0.717) is 12.6 Å². The van der Waals surface area contributed by atoms with Crippen molar-refractivity contribution in [3.05, 3.63) is 17.8 Å². The second-order valence-corrected chi connectivity index (χ2v) is 5.03. The summed E-state index contributed by atoms with van der Waals surface area (Å²) in [5.41, 5.74) is 6.37. The first-order valence-corrected chi connectivity index (χ1v) is 6.48. The van der Waals surface area contributed by atoms with Crippen LogP contribution in [0.2, 0.25) is 0 Å². The molecule has 0 aromatic carbocycles. The Morgan fingerprint density at radius 3 is 2.65 bits per heavy atom. The van der Waals surface area contributed by atoms with Gasteiger partial charge in [-0.3, -0.25) is 0 Å². The molecular weight excluding hydrogens is 212 g/mol. The van der Waals surface area contributed by atoms with Crippen molar-refractivity contribution < 1.29 is 0 Å². The first-order valence-electron chi connectivity index (χ1n) is 6.48. The molecule has 2 N–H and O–H groups in total. The van der Waals surface area contributed by atoms with E-state index < -0.39 is 0 Å². The maximum absolute atomic E-state index is 5.52. The van der Waals surface area contributed by atoms with Crippen molar-refractivity contribution >= 4 is 5.82 Å². The fraction of sp³-hybridized carbons (Fsp3) is 0.692. The minimum absolute atomic E-state index is 0.455. The van der Waals surface area contributed by atoms with Gasteiger partial charge < -0.3 is 10.6 Å². The number of hydrogen-bond acceptors (Lipinski definition) is 4. The molecule has 1 aliphatic rings. The first kappa shape index (κ1) is 12.3. The second-order valence-electron chi connectivity index (χ2n) is 5.03. The van der Waals surface area contributed by atoms with Gasteiger partial charge in [-0.15, -0.1) is 5.10 Å². The van der Waals surface area contributed by atoms with Crippen molar-refractivity contribution in [2.45, 2.75) is 45.2 Å². The topological polar surface area (TPSA) is 55.0 Å². The highest BCUT2D eigenvalue weighted by Crippen LogP contribution is 2.29. The van der Waals surface area contributed by atoms with Crippen LogP contribution in [0.5, 0.6) is 0 Å². The van der Waals surface area contributed by atoms with E-state index in [9.17, 15) is 0 Å². The second kappa shape index (κ2) is 5.45. The van der Waals surface area contributed by atoms with Gasteiger partial charge in [-0.25, -0.2) is 0 Å². The van der Waals surface area contributed by atoms with Gasteiger partial charge in [0.05, 0.1) is 5.69 Å². The van der Waals surface area contributed by atoms with E-state index in [1.165, 1.54) is 25.7 Å². The molecule has 2 atom stereocenters. The van der Waals surface area contributed by atoms with E-state index in [1.54, 1.807) is 0 Å². The van der Waals surface area contributed by atoms with Crippen LogP contribution in [-0.4, -0.2) is 23.3 Å². The summed E-state index contributed by atoms with van der Waals surface area (Å²) in [4.78, 5) is 2.27. The molecule has 1 aromatic rings. The standard InChI is InChI=1S/C13H22N4/c1-10-5-3-4-6-12(10)17(2)13-8-7-11(9-14)15-16-13/h7-8,10,12H,3-6,9,14H2,1-2H3. The van der Waals surface area contributed by atoms with Crippen LogP contribution < -0.4 is 10.6 Å². The molecule has 0 aliphatic heterocycles. The van der Waals surface area contributed by atoms with Crippen LogP contribution in [0.15, 0.2) is 12.1 Å². The van der Waals surface area contributed by atoms with Gasteiger partial charge in [0.1, 0.15) is 0 Å². The fourth-order valence-electron chi connectivity index (χ4n) is 2.69. The third-order valence-electron chi connectivity index (χ3n) is 3.84. The molecule has 0 amide bonds. The zero-order valence-electron chi connectivity index (χ0n) is 10.8. The highest BCUT2D eigenvalue weighted by atomic mass is 15.3. The van der Waals surface area contributed by atoms with E-state index >= 15 is 0 Å². The lowest BCUT2D eigenvalue weighted by atomic mass is 9.85. The first-order chi connectivity index (χ1) is 8.22. The quantitative estimate of drug-likeness (QED) is 0.868. The largest absolute Gasteiger partial charge is 0.355 e. The van der Waals surface area contributed by atoms with Gasteiger partial charge in [0.15, 0.2) is 5.82 Å². The Bertz CT molecular complexity index is 349. The van der Waals surface area contributed by atoms with Gasteiger partial charge in [0, 0.05) is 19.6 Å². The SMILES string of the molecule is CC1CCCCC1N(C)c1ccc(CN)nn1. The highest BCUT2D eigenvalue weighted by Gasteiger charge is 2.25. The van der Waals surface area contributed by atoms with Gasteiger partial charge in [-0.05, 0) is 30.9 Å². The third kappa shape index (κ3) is 2.75. The molecular formula is C13H22N4. The molecule has 17 heavy (non-hydrogen) atoms. The van der Waals surface area contributed by atoms with E-state index in [2.05, 4.69) is 29.1 Å². The van der Waals surface area contributed by atoms with Gasteiger partial charge in [0.25, 0.3) is 0 Å². The maximum atomic E-state index is 5.52. The minimum atomic E-state index is 0.455. The molecule has 1 heterocycles. The minimum Gasteiger partial charge on any atom is -0.355 e. The number of rotatable bonds is 3. The Morgan fingerprint density at radius 2 is 2.06 bits per heavy atom. The Hall–Kier alpha value is -1.16. The van der Waals surface area contributed by atoms with Crippen molar-refractivity contribution in [2.75, 3.05) is 11.9 Å². The number of aromatic nitrogens is 2. The Balaban J connectivity index is 2.09. The van der Waals surface area contributed by atoms with Crippen molar-refractivity contribution in [1.82, 2.24) is 10.2 Å². The number of nitrogens with zero attached hydrogens (tertiary/aromatic N) is 3. The van der Waals surface area contributed by atoms with Crippen LogP contribution in [0.1, 0.15) is 38.3 Å². The summed E-state index contributed by atoms with van der Waals surface area (Å²) < 4.78 is 0. The van der Waals surface area contributed by atoms with E-state index in [0.717, 1.165) is 17.4 Å². The zero-order chi connectivity index (χ0) is 12.3. The number of anilines is 1. The van der Waals surface area contributed by atoms with E-state index in [1.807, 2.05) is 12.1 Å². The summed E-state index contributed by atoms with van der Waals surface area (Å²) in [5, 5.41) is 8.38. The van der Waals surface area contributed by atoms with Gasteiger partial charge in [0.2, 0.25) is 0 Å². The monoisotopic (exact) mass is 234 g/mol. The lowest BCUT2D eigenvalue weighted by Crippen LogP contribution is -2.39. The summed E-state index contributed by atoms with van der Waals surface area (Å²) in [6.07, 6.45) is 5.28. The average molecular weight is 234 g/mol. The van der Waals surface area contributed by atoms with Crippen molar-refractivity contribution in [3.8, 4) is 0 Å². The number of nitrogens with two attached hydrogens (primary N) is 1. The molecule has 0 bridgehead atoms. The summed E-state index contributed by atoms with van der Waals surface area (Å²) in [6, 6.07) is 4.59. The molecule has 1 saturated carbocycles. The molecule has 0 saturated heterocycles. The van der Waals surface area contributed by atoms with Crippen LogP contribution in [0.3, 0.4) is 0 Å². The molecule has 2 rings (SSSR count). The molecule has 94 valence electrons. The fourth-order valence-corrected chi connectivity index (χ4v) is 2.69. The van der Waals surface area contributed by atoms with Crippen molar-refractivity contribution in [1.29, 1.82) is 0 Å². The van der Waals surface area contributed by atoms with Crippen LogP contribution in [0.25, 0.3) is 0 Å². The van der Waals surface area contributed by atoms with Crippen LogP contribution >= 0.6 is 0 Å². The van der Waals surface area contributed by atoms with Crippen LogP contribution in [0, 0.1) is 5.92 Å².